The van der Waals surface area contributed by atoms with Gasteiger partial charge in [-0.15, -0.1) is 0 Å². The molecule has 0 aromatic carbocycles. The summed E-state index contributed by atoms with van der Waals surface area (Å²) in [5.74, 6) is -1.37. The van der Waals surface area contributed by atoms with E-state index in [9.17, 15) is 9.90 Å². The Morgan fingerprint density at radius 2 is 2.25 bits per heavy atom. The van der Waals surface area contributed by atoms with Crippen molar-refractivity contribution in [2.75, 3.05) is 6.54 Å². The number of aliphatic carboxylic acids is 1. The zero-order chi connectivity index (χ0) is 5.70. The molecule has 4 nitrogen and oxygen atoms in total. The summed E-state index contributed by atoms with van der Waals surface area (Å²) in [5, 5.41) is 9.37. The Balaban J connectivity index is 0. The zero-order valence-corrected chi connectivity index (χ0v) is 7.50. The first-order chi connectivity index (χ1) is 3.27. The maximum Gasteiger partial charge on any atom is 1.00 e. The third-order valence-corrected chi connectivity index (χ3v) is 0.273. The maximum atomic E-state index is 9.37. The van der Waals surface area contributed by atoms with Gasteiger partial charge in [-0.2, -0.15) is 4.99 Å². The first-order valence-corrected chi connectivity index (χ1v) is 1.51. The Hall–Kier alpha value is 0.486. The van der Waals surface area contributed by atoms with Crippen LogP contribution in [-0.2, 0) is 9.59 Å². The van der Waals surface area contributed by atoms with Crippen LogP contribution in [0.25, 0.3) is 0 Å². The van der Waals surface area contributed by atoms with Crippen LogP contribution >= 0.6 is 0 Å². The molecule has 0 aromatic heterocycles. The van der Waals surface area contributed by atoms with E-state index in [4.69, 9.17) is 4.79 Å². The fourth-order valence-electron chi connectivity index (χ4n) is 0.0968. The van der Waals surface area contributed by atoms with Crippen LogP contribution < -0.4 is 56.5 Å². The molecule has 0 rings (SSSR count). The van der Waals surface area contributed by atoms with Gasteiger partial charge in [-0.1, -0.05) is 0 Å². The Labute approximate surface area is 88.4 Å². The van der Waals surface area contributed by atoms with Crippen LogP contribution in [0.15, 0.2) is 4.99 Å². The van der Waals surface area contributed by atoms with Crippen molar-refractivity contribution in [3.63, 3.8) is 0 Å². The number of carbonyl (C=O) groups excluding carboxylic acids is 2. The Morgan fingerprint density at radius 3 is 2.38 bits per heavy atom. The van der Waals surface area contributed by atoms with Gasteiger partial charge in [-0.05, 0) is 0 Å². The average Bonchev–Trinajstić information content (AvgIpc) is 1.61. The predicted molar refractivity (Wildman–Crippen MR) is 18.0 cm³/mol. The van der Waals surface area contributed by atoms with Gasteiger partial charge in [0, 0.05) is 0 Å². The molecule has 0 aliphatic carbocycles. The molecule has 5 heteroatoms. The summed E-state index contributed by atoms with van der Waals surface area (Å²) in [6, 6.07) is 0. The van der Waals surface area contributed by atoms with Crippen LogP contribution in [-0.4, -0.2) is 18.6 Å². The summed E-state index contributed by atoms with van der Waals surface area (Å²) in [7, 11) is 0. The van der Waals surface area contributed by atoms with Crippen molar-refractivity contribution in [1.82, 2.24) is 0 Å². The molecule has 38 valence electrons. The SMILES string of the molecule is O=C=NCC(=O)[O-].[K+]. The van der Waals surface area contributed by atoms with Crippen molar-refractivity contribution in [2.45, 2.75) is 0 Å². The number of isocyanates is 1. The van der Waals surface area contributed by atoms with E-state index >= 15 is 0 Å². The number of carboxylic acid groups (broad SMARTS) is 1. The summed E-state index contributed by atoms with van der Waals surface area (Å²) in [6.07, 6.45) is 1.05. The van der Waals surface area contributed by atoms with Crippen molar-refractivity contribution in [1.29, 1.82) is 0 Å². The fraction of sp³-hybridized carbons (Fsp3) is 0.333. The molecule has 0 bridgehead atoms. The molecule has 0 aliphatic heterocycles. The Bertz CT molecular complexity index is 118. The van der Waals surface area contributed by atoms with Crippen LogP contribution in [0.4, 0.5) is 0 Å². The molecule has 0 heterocycles. The van der Waals surface area contributed by atoms with Gasteiger partial charge in [0.15, 0.2) is 0 Å². The third-order valence-electron chi connectivity index (χ3n) is 0.273. The molecule has 0 fully saturated rings. The van der Waals surface area contributed by atoms with Crippen molar-refractivity contribution in [3.05, 3.63) is 0 Å². The normalized spacial score (nSPS) is 6.00. The summed E-state index contributed by atoms with van der Waals surface area (Å²) < 4.78 is 0. The molecule has 0 saturated carbocycles. The van der Waals surface area contributed by atoms with E-state index < -0.39 is 12.5 Å². The minimum absolute atomic E-state index is 0. The molecule has 0 amide bonds. The molecule has 0 saturated heterocycles. The van der Waals surface area contributed by atoms with E-state index in [1.165, 1.54) is 0 Å². The van der Waals surface area contributed by atoms with E-state index in [0.29, 0.717) is 0 Å². The first-order valence-electron chi connectivity index (χ1n) is 1.51. The smallest absolute Gasteiger partial charge is 0.548 e. The number of hydrogen-bond acceptors (Lipinski definition) is 4. The van der Waals surface area contributed by atoms with Gasteiger partial charge in [0.1, 0.15) is 0 Å². The average molecular weight is 139 g/mol. The number of carbonyl (C=O) groups is 1. The summed E-state index contributed by atoms with van der Waals surface area (Å²) in [4.78, 5) is 21.2. The third kappa shape index (κ3) is 9.70. The van der Waals surface area contributed by atoms with E-state index in [1.54, 1.807) is 0 Å². The molecular formula is C3H2KNO3. The molecule has 0 radical (unpaired) electrons. The minimum atomic E-state index is -1.37. The van der Waals surface area contributed by atoms with Gasteiger partial charge >= 0.3 is 51.4 Å². The van der Waals surface area contributed by atoms with Crippen LogP contribution in [0.2, 0.25) is 0 Å². The van der Waals surface area contributed by atoms with Gasteiger partial charge in [-0.25, -0.2) is 4.79 Å². The Kier molecular flexibility index (Phi) is 10.6. The van der Waals surface area contributed by atoms with Crippen molar-refractivity contribution in [2.24, 2.45) is 4.99 Å². The predicted octanol–water partition coefficient (Wildman–Crippen LogP) is -4.92. The van der Waals surface area contributed by atoms with Gasteiger partial charge in [0.2, 0.25) is 6.08 Å². The number of carboxylic acids is 1. The summed E-state index contributed by atoms with van der Waals surface area (Å²) >= 11 is 0. The number of nitrogens with zero attached hydrogens (tertiary/aromatic N) is 1. The van der Waals surface area contributed by atoms with Crippen LogP contribution in [0.3, 0.4) is 0 Å². The van der Waals surface area contributed by atoms with E-state index in [1.807, 2.05) is 0 Å². The van der Waals surface area contributed by atoms with Crippen molar-refractivity contribution in [3.8, 4) is 0 Å². The second kappa shape index (κ2) is 7.49. The Morgan fingerprint density at radius 1 is 1.75 bits per heavy atom. The second-order valence-corrected chi connectivity index (χ2v) is 0.780. The van der Waals surface area contributed by atoms with E-state index in [0.717, 1.165) is 6.08 Å². The summed E-state index contributed by atoms with van der Waals surface area (Å²) in [5.41, 5.74) is 0. The van der Waals surface area contributed by atoms with Crippen LogP contribution in [0.1, 0.15) is 0 Å². The second-order valence-electron chi connectivity index (χ2n) is 0.780. The van der Waals surface area contributed by atoms with Gasteiger partial charge in [0.05, 0.1) is 12.5 Å². The summed E-state index contributed by atoms with van der Waals surface area (Å²) in [6.45, 7) is -0.594. The molecule has 0 atom stereocenters. The molecule has 0 spiro atoms. The van der Waals surface area contributed by atoms with Crippen LogP contribution in [0, 0.1) is 0 Å². The maximum absolute atomic E-state index is 9.37. The van der Waals surface area contributed by atoms with Gasteiger partial charge in [-0.3, -0.25) is 0 Å². The quantitative estimate of drug-likeness (QED) is 0.219. The topological polar surface area (TPSA) is 69.6 Å². The monoisotopic (exact) mass is 139 g/mol. The fourth-order valence-corrected chi connectivity index (χ4v) is 0.0968. The minimum Gasteiger partial charge on any atom is -0.548 e. The zero-order valence-electron chi connectivity index (χ0n) is 4.38. The van der Waals surface area contributed by atoms with Crippen molar-refractivity contribution >= 4 is 12.0 Å². The van der Waals surface area contributed by atoms with Crippen molar-refractivity contribution < 1.29 is 66.1 Å². The standard InChI is InChI=1S/C3H3NO3.K/c5-2-4-1-3(6)7;/h1H2,(H,6,7);/q;+1/p-1. The largest absolute Gasteiger partial charge is 1.00 e. The number of hydrogen-bond donors (Lipinski definition) is 0. The molecule has 0 unspecified atom stereocenters. The molecule has 0 aliphatic rings. The van der Waals surface area contributed by atoms with Gasteiger partial charge in [0.25, 0.3) is 0 Å². The number of rotatable bonds is 2. The number of aliphatic imine (C=N–C) groups is 1. The van der Waals surface area contributed by atoms with E-state index in [-0.39, 0.29) is 51.4 Å². The first kappa shape index (κ1) is 11.3. The molecule has 0 aromatic rings. The van der Waals surface area contributed by atoms with E-state index in [2.05, 4.69) is 4.99 Å². The molecule has 0 N–H and O–H groups in total. The molecular weight excluding hydrogens is 137 g/mol. The molecule has 8 heavy (non-hydrogen) atoms. The van der Waals surface area contributed by atoms with Crippen LogP contribution in [0.5, 0.6) is 0 Å². The van der Waals surface area contributed by atoms with Gasteiger partial charge < -0.3 is 9.90 Å².